The van der Waals surface area contributed by atoms with E-state index in [0.717, 1.165) is 77.1 Å². The summed E-state index contributed by atoms with van der Waals surface area (Å²) in [5, 5.41) is 4.58. The van der Waals surface area contributed by atoms with Crippen LogP contribution >= 0.6 is 0 Å². The molecule has 1 aliphatic rings. The normalized spacial score (nSPS) is 14.5. The van der Waals surface area contributed by atoms with Crippen LogP contribution in [0.5, 0.6) is 0 Å². The lowest BCUT2D eigenvalue weighted by Gasteiger charge is -2.41. The topological polar surface area (TPSA) is 8.17 Å². The van der Waals surface area contributed by atoms with Crippen molar-refractivity contribution >= 4 is 57.3 Å². The van der Waals surface area contributed by atoms with Crippen molar-refractivity contribution in [2.24, 2.45) is 0 Å². The van der Waals surface area contributed by atoms with E-state index < -0.39 is 14.1 Å². The molecule has 3 heteroatoms. The van der Waals surface area contributed by atoms with E-state index in [1.165, 1.54) is 5.56 Å². The maximum Gasteiger partial charge on any atom is 0.117 e. The van der Waals surface area contributed by atoms with Gasteiger partial charge in [-0.05, 0) is 98.3 Å². The summed E-state index contributed by atoms with van der Waals surface area (Å²) in [6.07, 6.45) is 0. The zero-order valence-corrected chi connectivity index (χ0v) is 30.5. The second-order valence-electron chi connectivity index (χ2n) is 14.2. The second-order valence-corrected chi connectivity index (χ2v) is 18.6. The van der Waals surface area contributed by atoms with Gasteiger partial charge in [0.05, 0.1) is 17.9 Å². The molecular formula is C50H38N2Si. The van der Waals surface area contributed by atoms with Crippen molar-refractivity contribution in [1.82, 2.24) is 4.57 Å². The zero-order chi connectivity index (χ0) is 39.9. The van der Waals surface area contributed by atoms with Crippen LogP contribution in [0, 0.1) is 0 Å². The Morgan fingerprint density at radius 2 is 1.09 bits per heavy atom. The molecular weight excluding hydrogens is 657 g/mol. The van der Waals surface area contributed by atoms with Gasteiger partial charge in [0.1, 0.15) is 8.07 Å². The zero-order valence-electron chi connectivity index (χ0n) is 34.5. The lowest BCUT2D eigenvalue weighted by Crippen LogP contribution is -2.58. The third-order valence-corrected chi connectivity index (χ3v) is 14.4. The van der Waals surface area contributed by atoms with Crippen LogP contribution in [-0.2, 0) is 0 Å². The Hall–Kier alpha value is -6.42. The molecule has 2 nitrogen and oxygen atoms in total. The SMILES string of the molecule is [2H]c1c([2H])c([2H])c(N2c3ccccc3[Si](C)(C)c3cc(-n4c5ccccc5c5ccc(-c6cc(-c7ccccc7)ccc6-c6ccccc6)cc54)ccc32)c([2H])c1[2H]. The van der Waals surface area contributed by atoms with Crippen LogP contribution in [0.1, 0.15) is 6.85 Å². The number of anilines is 3. The molecule has 0 atom stereocenters. The number of para-hydroxylation sites is 3. The third kappa shape index (κ3) is 5.08. The van der Waals surface area contributed by atoms with E-state index in [0.29, 0.717) is 0 Å². The van der Waals surface area contributed by atoms with Gasteiger partial charge in [-0.15, -0.1) is 0 Å². The first kappa shape index (κ1) is 26.4. The van der Waals surface area contributed by atoms with E-state index in [4.69, 9.17) is 6.85 Å². The number of aromatic nitrogens is 1. The maximum absolute atomic E-state index is 9.01. The van der Waals surface area contributed by atoms with E-state index in [2.05, 4.69) is 157 Å². The number of benzene rings is 8. The number of nitrogens with zero attached hydrogens (tertiary/aromatic N) is 2. The summed E-state index contributed by atoms with van der Waals surface area (Å²) in [7, 11) is -2.41. The van der Waals surface area contributed by atoms with Crippen molar-refractivity contribution in [2.45, 2.75) is 13.1 Å². The van der Waals surface area contributed by atoms with Crippen LogP contribution in [-0.4, -0.2) is 12.6 Å². The highest BCUT2D eigenvalue weighted by atomic mass is 28.3. The van der Waals surface area contributed by atoms with Crippen molar-refractivity contribution in [3.8, 4) is 39.1 Å². The van der Waals surface area contributed by atoms with Crippen LogP contribution < -0.4 is 15.3 Å². The van der Waals surface area contributed by atoms with Crippen LogP contribution in [0.3, 0.4) is 0 Å². The highest BCUT2D eigenvalue weighted by Crippen LogP contribution is 2.42. The molecule has 0 unspecified atom stereocenters. The van der Waals surface area contributed by atoms with Crippen LogP contribution in [0.25, 0.3) is 60.9 Å². The second kappa shape index (κ2) is 12.4. The van der Waals surface area contributed by atoms with Gasteiger partial charge in [-0.25, -0.2) is 0 Å². The molecule has 2 heterocycles. The molecule has 1 aliphatic heterocycles. The molecule has 0 saturated heterocycles. The molecule has 0 N–H and O–H groups in total. The molecule has 0 spiro atoms. The summed E-state index contributed by atoms with van der Waals surface area (Å²) in [4.78, 5) is 1.89. The van der Waals surface area contributed by atoms with E-state index in [1.54, 1.807) is 0 Å². The smallest absolute Gasteiger partial charge is 0.117 e. The monoisotopic (exact) mass is 699 g/mol. The molecule has 252 valence electrons. The van der Waals surface area contributed by atoms with Crippen molar-refractivity contribution in [3.05, 3.63) is 194 Å². The molecule has 0 bridgehead atoms. The Morgan fingerprint density at radius 3 is 1.91 bits per heavy atom. The van der Waals surface area contributed by atoms with E-state index in [1.807, 2.05) is 29.2 Å². The number of rotatable bonds is 5. The largest absolute Gasteiger partial charge is 0.311 e. The Labute approximate surface area is 318 Å². The molecule has 0 radical (unpaired) electrons. The van der Waals surface area contributed by atoms with Gasteiger partial charge in [0.25, 0.3) is 0 Å². The Bertz CT molecular complexity index is 3070. The van der Waals surface area contributed by atoms with E-state index in [-0.39, 0.29) is 29.9 Å². The first-order valence-corrected chi connectivity index (χ1v) is 21.0. The fourth-order valence-electron chi connectivity index (χ4n) is 8.31. The lowest BCUT2D eigenvalue weighted by molar-refractivity contribution is 1.18. The van der Waals surface area contributed by atoms with Crippen LogP contribution in [0.4, 0.5) is 17.1 Å². The van der Waals surface area contributed by atoms with Gasteiger partial charge in [0.2, 0.25) is 0 Å². The van der Waals surface area contributed by atoms with Gasteiger partial charge >= 0.3 is 0 Å². The first-order valence-electron chi connectivity index (χ1n) is 20.5. The van der Waals surface area contributed by atoms with Gasteiger partial charge in [-0.1, -0.05) is 153 Å². The van der Waals surface area contributed by atoms with Gasteiger partial charge < -0.3 is 9.47 Å². The molecule has 9 aromatic rings. The Morgan fingerprint density at radius 1 is 0.434 bits per heavy atom. The average molecular weight is 700 g/mol. The summed E-state index contributed by atoms with van der Waals surface area (Å²) in [6, 6.07) is 56.3. The molecule has 8 aromatic carbocycles. The fourth-order valence-corrected chi connectivity index (χ4v) is 11.3. The summed E-state index contributed by atoms with van der Waals surface area (Å²) in [6.45, 7) is 4.67. The highest BCUT2D eigenvalue weighted by molar-refractivity contribution is 7.02. The summed E-state index contributed by atoms with van der Waals surface area (Å²) < 4.78 is 45.8. The summed E-state index contributed by atoms with van der Waals surface area (Å²) >= 11 is 0. The third-order valence-electron chi connectivity index (χ3n) is 10.9. The minimum Gasteiger partial charge on any atom is -0.311 e. The van der Waals surface area contributed by atoms with Crippen LogP contribution in [0.15, 0.2) is 194 Å². The molecule has 0 aliphatic carbocycles. The van der Waals surface area contributed by atoms with Crippen molar-refractivity contribution < 1.29 is 6.85 Å². The number of hydrogen-bond acceptors (Lipinski definition) is 1. The van der Waals surface area contributed by atoms with Crippen molar-refractivity contribution in [1.29, 1.82) is 0 Å². The maximum atomic E-state index is 9.01. The Kier molecular flexibility index (Phi) is 6.15. The van der Waals surface area contributed by atoms with E-state index in [9.17, 15) is 0 Å². The van der Waals surface area contributed by atoms with Gasteiger partial charge in [-0.2, -0.15) is 0 Å². The van der Waals surface area contributed by atoms with Gasteiger partial charge in [-0.3, -0.25) is 0 Å². The predicted molar refractivity (Wildman–Crippen MR) is 229 cm³/mol. The predicted octanol–water partition coefficient (Wildman–Crippen LogP) is 12.4. The first-order chi connectivity index (χ1) is 28.1. The van der Waals surface area contributed by atoms with Crippen LogP contribution in [0.2, 0.25) is 13.1 Å². The van der Waals surface area contributed by atoms with Crippen molar-refractivity contribution in [3.63, 3.8) is 0 Å². The molecule has 1 aromatic heterocycles. The molecule has 53 heavy (non-hydrogen) atoms. The molecule has 0 amide bonds. The quantitative estimate of drug-likeness (QED) is 0.162. The average Bonchev–Trinajstić information content (AvgIpc) is 3.60. The fraction of sp³-hybridized carbons (Fsp3) is 0.0400. The number of hydrogen-bond donors (Lipinski definition) is 0. The molecule has 0 fully saturated rings. The highest BCUT2D eigenvalue weighted by Gasteiger charge is 2.38. The summed E-state index contributed by atoms with van der Waals surface area (Å²) in [5.74, 6) is 0. The minimum atomic E-state index is -2.41. The summed E-state index contributed by atoms with van der Waals surface area (Å²) in [5.41, 5.74) is 11.9. The van der Waals surface area contributed by atoms with E-state index >= 15 is 0 Å². The number of fused-ring (bicyclic) bond motifs is 5. The van der Waals surface area contributed by atoms with Crippen molar-refractivity contribution in [2.75, 3.05) is 4.90 Å². The Balaban J connectivity index is 1.22. The minimum absolute atomic E-state index is 0.158. The molecule has 0 saturated carbocycles. The molecule has 10 rings (SSSR count). The van der Waals surface area contributed by atoms with Gasteiger partial charge in [0.15, 0.2) is 0 Å². The van der Waals surface area contributed by atoms with Gasteiger partial charge in [0, 0.05) is 33.5 Å². The lowest BCUT2D eigenvalue weighted by atomic mass is 9.90. The standard InChI is InChI=1S/C50H38N2Si/c1-53(2)49-25-15-14-24-46(49)51(39-20-10-5-11-21-39)47-31-28-40(34-50(47)53)52-45-23-13-12-22-42(45)43-30-27-38(33-48(43)52)44-32-37(35-16-6-3-7-17-35)26-29-41(44)36-18-8-4-9-19-36/h3-34H,1-2H3/i5D,10D,11D,20D,21D.